The fraction of sp³-hybridized carbons (Fsp3) is 0.538. The van der Waals surface area contributed by atoms with E-state index in [0.717, 1.165) is 42.6 Å². The summed E-state index contributed by atoms with van der Waals surface area (Å²) >= 11 is 5.95. The van der Waals surface area contributed by atoms with Gasteiger partial charge in [0.15, 0.2) is 0 Å². The second kappa shape index (κ2) is 6.77. The third-order valence-corrected chi connectivity index (χ3v) is 3.12. The maximum atomic E-state index is 5.95. The molecule has 0 aliphatic heterocycles. The highest BCUT2D eigenvalue weighted by atomic mass is 35.5. The van der Waals surface area contributed by atoms with Crippen LogP contribution in [0.5, 0.6) is 5.75 Å². The summed E-state index contributed by atoms with van der Waals surface area (Å²) in [5, 5.41) is 0.788. The molecule has 1 aromatic carbocycles. The summed E-state index contributed by atoms with van der Waals surface area (Å²) in [7, 11) is 0. The highest BCUT2D eigenvalue weighted by molar-refractivity contribution is 6.31. The Hall–Kier alpha value is -0.730. The predicted molar refractivity (Wildman–Crippen MR) is 69.5 cm³/mol. The van der Waals surface area contributed by atoms with Crippen molar-refractivity contribution < 1.29 is 4.74 Å². The second-order valence-electron chi connectivity index (χ2n) is 3.79. The lowest BCUT2D eigenvalue weighted by atomic mass is 10.2. The first-order valence-electron chi connectivity index (χ1n) is 5.78. The molecular weight excluding hydrogens is 222 g/mol. The first kappa shape index (κ1) is 13.3. The average Bonchev–Trinajstić information content (AvgIpc) is 2.29. The van der Waals surface area contributed by atoms with Gasteiger partial charge < -0.3 is 9.64 Å². The van der Waals surface area contributed by atoms with E-state index in [9.17, 15) is 0 Å². The third kappa shape index (κ3) is 4.03. The summed E-state index contributed by atoms with van der Waals surface area (Å²) in [6, 6.07) is 5.77. The molecular formula is C13H20ClNO. The van der Waals surface area contributed by atoms with E-state index >= 15 is 0 Å². The molecule has 16 heavy (non-hydrogen) atoms. The number of nitrogens with zero attached hydrogens (tertiary/aromatic N) is 1. The van der Waals surface area contributed by atoms with E-state index in [4.69, 9.17) is 16.3 Å². The lowest BCUT2D eigenvalue weighted by molar-refractivity contribution is 0.223. The van der Waals surface area contributed by atoms with E-state index in [0.29, 0.717) is 0 Å². The predicted octanol–water partition coefficient (Wildman–Crippen LogP) is 3.37. The minimum atomic E-state index is 0.725. The van der Waals surface area contributed by atoms with Gasteiger partial charge in [-0.25, -0.2) is 0 Å². The van der Waals surface area contributed by atoms with Crippen LogP contribution < -0.4 is 4.74 Å². The Labute approximate surface area is 103 Å². The van der Waals surface area contributed by atoms with Gasteiger partial charge in [0.05, 0.1) is 0 Å². The summed E-state index contributed by atoms with van der Waals surface area (Å²) < 4.78 is 5.68. The van der Waals surface area contributed by atoms with Gasteiger partial charge in [0.1, 0.15) is 12.4 Å². The fourth-order valence-electron chi connectivity index (χ4n) is 1.54. The first-order chi connectivity index (χ1) is 7.67. The van der Waals surface area contributed by atoms with Crippen LogP contribution in [0.25, 0.3) is 0 Å². The highest BCUT2D eigenvalue weighted by Gasteiger charge is 2.01. The number of benzene rings is 1. The summed E-state index contributed by atoms with van der Waals surface area (Å²) in [6.07, 6.45) is 0. The fourth-order valence-corrected chi connectivity index (χ4v) is 1.66. The molecule has 0 bridgehead atoms. The monoisotopic (exact) mass is 241 g/mol. The molecule has 0 radical (unpaired) electrons. The van der Waals surface area contributed by atoms with Crippen molar-refractivity contribution in [2.24, 2.45) is 0 Å². The Kier molecular flexibility index (Phi) is 5.64. The van der Waals surface area contributed by atoms with Crippen LogP contribution in [0.1, 0.15) is 19.4 Å². The minimum Gasteiger partial charge on any atom is -0.492 e. The van der Waals surface area contributed by atoms with Crippen LogP contribution in [-0.4, -0.2) is 31.1 Å². The SMILES string of the molecule is CCN(CC)CCOc1ccc(Cl)c(C)c1. The van der Waals surface area contributed by atoms with E-state index in [1.807, 2.05) is 25.1 Å². The van der Waals surface area contributed by atoms with Crippen LogP contribution in [0.4, 0.5) is 0 Å². The Bertz CT molecular complexity index is 324. The van der Waals surface area contributed by atoms with Gasteiger partial charge in [0.2, 0.25) is 0 Å². The van der Waals surface area contributed by atoms with Crippen molar-refractivity contribution >= 4 is 11.6 Å². The average molecular weight is 242 g/mol. The van der Waals surface area contributed by atoms with Crippen LogP contribution in [0.3, 0.4) is 0 Å². The molecule has 3 heteroatoms. The van der Waals surface area contributed by atoms with Gasteiger partial charge in [-0.2, -0.15) is 0 Å². The number of aryl methyl sites for hydroxylation is 1. The summed E-state index contributed by atoms with van der Waals surface area (Å²) in [4.78, 5) is 2.34. The van der Waals surface area contributed by atoms with Gasteiger partial charge in [-0.05, 0) is 43.8 Å². The zero-order chi connectivity index (χ0) is 12.0. The van der Waals surface area contributed by atoms with E-state index in [-0.39, 0.29) is 0 Å². The molecule has 1 rings (SSSR count). The largest absolute Gasteiger partial charge is 0.492 e. The molecule has 0 saturated carbocycles. The van der Waals surface area contributed by atoms with Gasteiger partial charge in [0, 0.05) is 11.6 Å². The number of hydrogen-bond donors (Lipinski definition) is 0. The van der Waals surface area contributed by atoms with Gasteiger partial charge >= 0.3 is 0 Å². The van der Waals surface area contributed by atoms with Crippen molar-refractivity contribution in [3.8, 4) is 5.75 Å². The van der Waals surface area contributed by atoms with Crippen molar-refractivity contribution in [3.63, 3.8) is 0 Å². The van der Waals surface area contributed by atoms with Crippen LogP contribution in [0.2, 0.25) is 5.02 Å². The molecule has 0 saturated heterocycles. The zero-order valence-electron chi connectivity index (χ0n) is 10.3. The lowest BCUT2D eigenvalue weighted by Crippen LogP contribution is -2.27. The zero-order valence-corrected chi connectivity index (χ0v) is 11.0. The molecule has 0 atom stereocenters. The molecule has 0 aliphatic carbocycles. The molecule has 0 heterocycles. The standard InChI is InChI=1S/C13H20ClNO/c1-4-15(5-2)8-9-16-12-6-7-13(14)11(3)10-12/h6-7,10H,4-5,8-9H2,1-3H3. The number of hydrogen-bond acceptors (Lipinski definition) is 2. The molecule has 0 N–H and O–H groups in total. The van der Waals surface area contributed by atoms with E-state index in [2.05, 4.69) is 18.7 Å². The van der Waals surface area contributed by atoms with Gasteiger partial charge in [0.25, 0.3) is 0 Å². The Balaban J connectivity index is 2.40. The molecule has 0 aliphatic rings. The molecule has 90 valence electrons. The summed E-state index contributed by atoms with van der Waals surface area (Å²) in [6.45, 7) is 10.1. The van der Waals surface area contributed by atoms with Crippen molar-refractivity contribution in [1.82, 2.24) is 4.90 Å². The minimum absolute atomic E-state index is 0.725. The van der Waals surface area contributed by atoms with Crippen LogP contribution in [0.15, 0.2) is 18.2 Å². The smallest absolute Gasteiger partial charge is 0.119 e. The maximum absolute atomic E-state index is 5.95. The maximum Gasteiger partial charge on any atom is 0.119 e. The summed E-state index contributed by atoms with van der Waals surface area (Å²) in [5.41, 5.74) is 1.06. The highest BCUT2D eigenvalue weighted by Crippen LogP contribution is 2.20. The molecule has 0 unspecified atom stereocenters. The third-order valence-electron chi connectivity index (χ3n) is 2.70. The molecule has 1 aromatic rings. The topological polar surface area (TPSA) is 12.5 Å². The summed E-state index contributed by atoms with van der Waals surface area (Å²) in [5.74, 6) is 0.897. The van der Waals surface area contributed by atoms with E-state index < -0.39 is 0 Å². The van der Waals surface area contributed by atoms with Gasteiger partial charge in [-0.15, -0.1) is 0 Å². The van der Waals surface area contributed by atoms with E-state index in [1.54, 1.807) is 0 Å². The van der Waals surface area contributed by atoms with Crippen LogP contribution >= 0.6 is 11.6 Å². The molecule has 0 aromatic heterocycles. The lowest BCUT2D eigenvalue weighted by Gasteiger charge is -2.18. The number of likely N-dealkylation sites (N-methyl/N-ethyl adjacent to an activating group) is 1. The van der Waals surface area contributed by atoms with Gasteiger partial charge in [-0.3, -0.25) is 0 Å². The number of halogens is 1. The van der Waals surface area contributed by atoms with Crippen molar-refractivity contribution in [3.05, 3.63) is 28.8 Å². The normalized spacial score (nSPS) is 10.8. The molecule has 2 nitrogen and oxygen atoms in total. The number of ether oxygens (including phenoxy) is 1. The van der Waals surface area contributed by atoms with E-state index in [1.165, 1.54) is 0 Å². The quantitative estimate of drug-likeness (QED) is 0.757. The Morgan fingerprint density at radius 3 is 2.50 bits per heavy atom. The number of rotatable bonds is 6. The molecule has 0 amide bonds. The van der Waals surface area contributed by atoms with Crippen molar-refractivity contribution in [2.75, 3.05) is 26.2 Å². The Morgan fingerprint density at radius 1 is 1.25 bits per heavy atom. The second-order valence-corrected chi connectivity index (χ2v) is 4.19. The van der Waals surface area contributed by atoms with Crippen molar-refractivity contribution in [1.29, 1.82) is 0 Å². The van der Waals surface area contributed by atoms with Crippen LogP contribution in [0, 0.1) is 6.92 Å². The first-order valence-corrected chi connectivity index (χ1v) is 6.16. The van der Waals surface area contributed by atoms with Crippen LogP contribution in [-0.2, 0) is 0 Å². The molecule has 0 fully saturated rings. The van der Waals surface area contributed by atoms with Gasteiger partial charge in [-0.1, -0.05) is 25.4 Å². The molecule has 0 spiro atoms. The van der Waals surface area contributed by atoms with Crippen molar-refractivity contribution in [2.45, 2.75) is 20.8 Å². The Morgan fingerprint density at radius 2 is 1.94 bits per heavy atom.